The molecule has 1 fully saturated rings. The minimum absolute atomic E-state index is 0.161. The fraction of sp³-hybridized carbons (Fsp3) is 0.636. The quantitative estimate of drug-likeness (QED) is 0.780. The Balaban J connectivity index is 2.31. The van der Waals surface area contributed by atoms with Crippen LogP contribution < -0.4 is 0 Å². The molecule has 1 saturated heterocycles. The average Bonchev–Trinajstić information content (AvgIpc) is 2.55. The number of hydrogen-bond donors (Lipinski definition) is 0. The topological polar surface area (TPSA) is 50.5 Å². The first kappa shape index (κ1) is 14.4. The van der Waals surface area contributed by atoms with Gasteiger partial charge in [0.1, 0.15) is 10.7 Å². The van der Waals surface area contributed by atoms with Gasteiger partial charge in [-0.15, -0.1) is 11.6 Å². The molecule has 1 aliphatic heterocycles. The molecule has 0 spiro atoms. The van der Waals surface area contributed by atoms with E-state index in [2.05, 4.69) is 15.9 Å². The molecule has 2 heterocycles. The third kappa shape index (κ3) is 2.92. The summed E-state index contributed by atoms with van der Waals surface area (Å²) in [6.45, 7) is 1.16. The highest BCUT2D eigenvalue weighted by Gasteiger charge is 2.29. The zero-order valence-electron chi connectivity index (χ0n) is 9.86. The molecule has 1 aromatic heterocycles. The molecule has 0 bridgehead atoms. The number of hydrogen-bond acceptors (Lipinski definition) is 3. The standard InChI is InChI=1S/C11H15BrClNO3S/c12-11-10(7-9(8-13)17-11)18(15,16)14-5-3-1-2-4-6-14/h7H,1-6,8H2. The molecule has 4 nitrogen and oxygen atoms in total. The van der Waals surface area contributed by atoms with Crippen LogP contribution in [-0.4, -0.2) is 25.8 Å². The maximum Gasteiger partial charge on any atom is 0.247 e. The van der Waals surface area contributed by atoms with Crippen molar-refractivity contribution in [1.82, 2.24) is 4.31 Å². The molecular formula is C11H15BrClNO3S. The molecule has 1 aromatic rings. The minimum atomic E-state index is -3.47. The molecule has 18 heavy (non-hydrogen) atoms. The summed E-state index contributed by atoms with van der Waals surface area (Å²) in [4.78, 5) is 0.181. The molecule has 2 rings (SSSR count). The zero-order valence-corrected chi connectivity index (χ0v) is 13.0. The summed E-state index contributed by atoms with van der Waals surface area (Å²) < 4.78 is 32.0. The first-order valence-electron chi connectivity index (χ1n) is 5.90. The lowest BCUT2D eigenvalue weighted by Crippen LogP contribution is -2.31. The third-order valence-electron chi connectivity index (χ3n) is 3.02. The molecule has 0 unspecified atom stereocenters. The number of sulfonamides is 1. The van der Waals surface area contributed by atoms with Crippen LogP contribution in [0.2, 0.25) is 0 Å². The van der Waals surface area contributed by atoms with E-state index < -0.39 is 10.0 Å². The van der Waals surface area contributed by atoms with Crippen molar-refractivity contribution >= 4 is 37.6 Å². The summed E-state index contributed by atoms with van der Waals surface area (Å²) in [5.41, 5.74) is 0. The van der Waals surface area contributed by atoms with Crippen molar-refractivity contribution in [1.29, 1.82) is 0 Å². The molecule has 0 aromatic carbocycles. The highest BCUT2D eigenvalue weighted by molar-refractivity contribution is 9.10. The van der Waals surface area contributed by atoms with Crippen LogP contribution in [0.15, 0.2) is 20.0 Å². The van der Waals surface area contributed by atoms with E-state index in [9.17, 15) is 8.42 Å². The summed E-state index contributed by atoms with van der Waals surface area (Å²) in [6, 6.07) is 1.50. The Morgan fingerprint density at radius 2 is 1.89 bits per heavy atom. The van der Waals surface area contributed by atoms with Gasteiger partial charge in [0.25, 0.3) is 0 Å². The SMILES string of the molecule is O=S(=O)(c1cc(CCl)oc1Br)N1CCCCCC1. The predicted molar refractivity (Wildman–Crippen MR) is 73.2 cm³/mol. The van der Waals surface area contributed by atoms with E-state index >= 15 is 0 Å². The zero-order chi connectivity index (χ0) is 13.2. The number of alkyl halides is 1. The molecule has 102 valence electrons. The van der Waals surface area contributed by atoms with E-state index in [1.807, 2.05) is 0 Å². The van der Waals surface area contributed by atoms with Crippen molar-refractivity contribution in [3.8, 4) is 0 Å². The lowest BCUT2D eigenvalue weighted by molar-refractivity contribution is 0.421. The highest BCUT2D eigenvalue weighted by atomic mass is 79.9. The Labute approximate surface area is 120 Å². The second-order valence-corrected chi connectivity index (χ2v) is 7.20. The maximum absolute atomic E-state index is 12.5. The molecule has 7 heteroatoms. The maximum atomic E-state index is 12.5. The second-order valence-electron chi connectivity index (χ2n) is 4.30. The molecule has 1 aliphatic rings. The van der Waals surface area contributed by atoms with Crippen LogP contribution in [0.25, 0.3) is 0 Å². The van der Waals surface area contributed by atoms with E-state index in [-0.39, 0.29) is 15.4 Å². The molecule has 0 atom stereocenters. The van der Waals surface area contributed by atoms with Crippen molar-refractivity contribution in [2.24, 2.45) is 0 Å². The number of halogens is 2. The van der Waals surface area contributed by atoms with E-state index in [1.165, 1.54) is 10.4 Å². The summed E-state index contributed by atoms with van der Waals surface area (Å²) in [5.74, 6) is 0.616. The van der Waals surface area contributed by atoms with Crippen LogP contribution in [-0.2, 0) is 15.9 Å². The first-order chi connectivity index (χ1) is 8.55. The Bertz CT molecular complexity index is 506. The van der Waals surface area contributed by atoms with Gasteiger partial charge in [-0.05, 0) is 28.8 Å². The highest BCUT2D eigenvalue weighted by Crippen LogP contribution is 2.30. The van der Waals surface area contributed by atoms with E-state index in [0.717, 1.165) is 25.7 Å². The molecule has 0 amide bonds. The van der Waals surface area contributed by atoms with Gasteiger partial charge in [-0.3, -0.25) is 0 Å². The van der Waals surface area contributed by atoms with E-state index in [1.54, 1.807) is 0 Å². The van der Waals surface area contributed by atoms with Crippen LogP contribution in [0, 0.1) is 0 Å². The van der Waals surface area contributed by atoms with Crippen molar-refractivity contribution in [2.75, 3.05) is 13.1 Å². The second kappa shape index (κ2) is 5.94. The van der Waals surface area contributed by atoms with Gasteiger partial charge in [-0.1, -0.05) is 12.8 Å². The van der Waals surface area contributed by atoms with Gasteiger partial charge in [0.15, 0.2) is 4.67 Å². The van der Waals surface area contributed by atoms with Gasteiger partial charge >= 0.3 is 0 Å². The van der Waals surface area contributed by atoms with Gasteiger partial charge in [-0.2, -0.15) is 4.31 Å². The van der Waals surface area contributed by atoms with Crippen molar-refractivity contribution < 1.29 is 12.8 Å². The van der Waals surface area contributed by atoms with Crippen LogP contribution in [0.5, 0.6) is 0 Å². The Morgan fingerprint density at radius 3 is 2.39 bits per heavy atom. The predicted octanol–water partition coefficient (Wildman–Crippen LogP) is 3.35. The van der Waals surface area contributed by atoms with Gasteiger partial charge in [-0.25, -0.2) is 8.42 Å². The Kier molecular flexibility index (Phi) is 4.75. The largest absolute Gasteiger partial charge is 0.452 e. The van der Waals surface area contributed by atoms with Crippen molar-refractivity contribution in [2.45, 2.75) is 36.5 Å². The van der Waals surface area contributed by atoms with Crippen LogP contribution >= 0.6 is 27.5 Å². The molecular weight excluding hydrogens is 342 g/mol. The summed E-state index contributed by atoms with van der Waals surface area (Å²) in [7, 11) is -3.47. The molecule has 0 radical (unpaired) electrons. The number of furan rings is 1. The van der Waals surface area contributed by atoms with Crippen molar-refractivity contribution in [3.63, 3.8) is 0 Å². The smallest absolute Gasteiger partial charge is 0.247 e. The van der Waals surface area contributed by atoms with Crippen LogP contribution in [0.1, 0.15) is 31.4 Å². The lowest BCUT2D eigenvalue weighted by atomic mass is 10.2. The Morgan fingerprint density at radius 1 is 1.28 bits per heavy atom. The van der Waals surface area contributed by atoms with E-state index in [0.29, 0.717) is 18.8 Å². The number of nitrogens with zero attached hydrogens (tertiary/aromatic N) is 1. The van der Waals surface area contributed by atoms with Gasteiger partial charge < -0.3 is 4.42 Å². The monoisotopic (exact) mass is 355 g/mol. The first-order valence-corrected chi connectivity index (χ1v) is 8.67. The fourth-order valence-corrected chi connectivity index (χ4v) is 4.67. The molecule has 0 saturated carbocycles. The van der Waals surface area contributed by atoms with Gasteiger partial charge in [0.05, 0.1) is 5.88 Å². The fourth-order valence-electron chi connectivity index (χ4n) is 2.06. The Hall–Kier alpha value is -0.0400. The van der Waals surface area contributed by atoms with Gasteiger partial charge in [0, 0.05) is 19.2 Å². The summed E-state index contributed by atoms with van der Waals surface area (Å²) in [5, 5.41) is 0. The van der Waals surface area contributed by atoms with Crippen LogP contribution in [0.3, 0.4) is 0 Å². The van der Waals surface area contributed by atoms with Gasteiger partial charge in [0.2, 0.25) is 10.0 Å². The summed E-state index contributed by atoms with van der Waals surface area (Å²) >= 11 is 8.80. The normalized spacial score (nSPS) is 18.8. The van der Waals surface area contributed by atoms with Crippen LogP contribution in [0.4, 0.5) is 0 Å². The minimum Gasteiger partial charge on any atom is -0.452 e. The lowest BCUT2D eigenvalue weighted by Gasteiger charge is -2.18. The third-order valence-corrected chi connectivity index (χ3v) is 6.04. The molecule has 0 N–H and O–H groups in total. The molecule has 0 aliphatic carbocycles. The average molecular weight is 357 g/mol. The number of rotatable bonds is 3. The van der Waals surface area contributed by atoms with E-state index in [4.69, 9.17) is 16.0 Å². The summed E-state index contributed by atoms with van der Waals surface area (Å²) in [6.07, 6.45) is 4.01. The van der Waals surface area contributed by atoms with Crippen molar-refractivity contribution in [3.05, 3.63) is 16.5 Å².